The molecule has 1 aromatic rings. The molecule has 0 bridgehead atoms. The SMILES string of the molecule is CC1CCCC(NCc2ccc(SC(F)(F)F)cc2)C1C. The lowest BCUT2D eigenvalue weighted by Gasteiger charge is -2.34. The highest BCUT2D eigenvalue weighted by Crippen LogP contribution is 2.36. The fourth-order valence-corrected chi connectivity index (χ4v) is 3.47. The molecule has 0 radical (unpaired) electrons. The molecule has 1 aliphatic rings. The number of rotatable bonds is 4. The summed E-state index contributed by atoms with van der Waals surface area (Å²) in [6.45, 7) is 5.30. The Morgan fingerprint density at radius 3 is 2.43 bits per heavy atom. The molecule has 3 atom stereocenters. The summed E-state index contributed by atoms with van der Waals surface area (Å²) in [4.78, 5) is 0.242. The molecule has 118 valence electrons. The molecule has 1 N–H and O–H groups in total. The van der Waals surface area contributed by atoms with E-state index in [0.717, 1.165) is 18.0 Å². The van der Waals surface area contributed by atoms with Gasteiger partial charge in [0.05, 0.1) is 0 Å². The summed E-state index contributed by atoms with van der Waals surface area (Å²) in [5.74, 6) is 1.39. The van der Waals surface area contributed by atoms with Crippen molar-refractivity contribution in [1.82, 2.24) is 5.32 Å². The third-order valence-electron chi connectivity index (χ3n) is 4.43. The average molecular weight is 317 g/mol. The molecule has 0 saturated heterocycles. The van der Waals surface area contributed by atoms with Crippen molar-refractivity contribution >= 4 is 11.8 Å². The van der Waals surface area contributed by atoms with Crippen molar-refractivity contribution in [2.75, 3.05) is 0 Å². The van der Waals surface area contributed by atoms with Crippen molar-refractivity contribution in [3.63, 3.8) is 0 Å². The number of halogens is 3. The summed E-state index contributed by atoms with van der Waals surface area (Å²) in [5.41, 5.74) is -3.18. The fraction of sp³-hybridized carbons (Fsp3) is 0.625. The van der Waals surface area contributed by atoms with Crippen molar-refractivity contribution in [3.05, 3.63) is 29.8 Å². The lowest BCUT2D eigenvalue weighted by Crippen LogP contribution is -2.40. The minimum atomic E-state index is -4.21. The maximum atomic E-state index is 12.3. The van der Waals surface area contributed by atoms with E-state index < -0.39 is 5.51 Å². The zero-order chi connectivity index (χ0) is 15.5. The van der Waals surface area contributed by atoms with E-state index in [1.807, 2.05) is 0 Å². The van der Waals surface area contributed by atoms with E-state index in [-0.39, 0.29) is 16.7 Å². The maximum absolute atomic E-state index is 12.3. The predicted molar refractivity (Wildman–Crippen MR) is 81.2 cm³/mol. The number of hydrogen-bond acceptors (Lipinski definition) is 2. The standard InChI is InChI=1S/C16H22F3NS/c1-11-4-3-5-15(12(11)2)20-10-13-6-8-14(9-7-13)21-16(17,18)19/h6-9,11-12,15,20H,3-5,10H2,1-2H3. The Morgan fingerprint density at radius 1 is 1.14 bits per heavy atom. The third-order valence-corrected chi connectivity index (χ3v) is 5.17. The van der Waals surface area contributed by atoms with Crippen LogP contribution in [0.25, 0.3) is 0 Å². The lowest BCUT2D eigenvalue weighted by atomic mass is 9.78. The number of thioether (sulfide) groups is 1. The lowest BCUT2D eigenvalue weighted by molar-refractivity contribution is -0.0328. The highest BCUT2D eigenvalue weighted by Gasteiger charge is 2.29. The summed E-state index contributed by atoms with van der Waals surface area (Å²) in [6.07, 6.45) is 3.74. The van der Waals surface area contributed by atoms with Gasteiger partial charge in [0.25, 0.3) is 0 Å². The Balaban J connectivity index is 1.86. The first-order valence-electron chi connectivity index (χ1n) is 7.43. The van der Waals surface area contributed by atoms with E-state index in [2.05, 4.69) is 19.2 Å². The molecular weight excluding hydrogens is 295 g/mol. The molecule has 0 amide bonds. The summed E-state index contributed by atoms with van der Waals surface area (Å²) < 4.78 is 36.8. The van der Waals surface area contributed by atoms with Crippen LogP contribution < -0.4 is 5.32 Å². The summed E-state index contributed by atoms with van der Waals surface area (Å²) >= 11 is -0.0641. The molecule has 1 nitrogen and oxygen atoms in total. The largest absolute Gasteiger partial charge is 0.446 e. The maximum Gasteiger partial charge on any atom is 0.446 e. The Morgan fingerprint density at radius 2 is 1.81 bits per heavy atom. The zero-order valence-corrected chi connectivity index (χ0v) is 13.2. The normalized spacial score (nSPS) is 26.8. The van der Waals surface area contributed by atoms with Crippen LogP contribution in [0.3, 0.4) is 0 Å². The highest BCUT2D eigenvalue weighted by molar-refractivity contribution is 8.00. The van der Waals surface area contributed by atoms with Crippen LogP contribution in [0.1, 0.15) is 38.7 Å². The Kier molecular flexibility index (Phi) is 5.60. The average Bonchev–Trinajstić information content (AvgIpc) is 2.40. The van der Waals surface area contributed by atoms with E-state index in [4.69, 9.17) is 0 Å². The first-order valence-corrected chi connectivity index (χ1v) is 8.25. The minimum Gasteiger partial charge on any atom is -0.310 e. The smallest absolute Gasteiger partial charge is 0.310 e. The van der Waals surface area contributed by atoms with Gasteiger partial charge in [-0.25, -0.2) is 0 Å². The van der Waals surface area contributed by atoms with Crippen molar-refractivity contribution in [2.45, 2.75) is 56.1 Å². The van der Waals surface area contributed by atoms with E-state index in [9.17, 15) is 13.2 Å². The summed E-state index contributed by atoms with van der Waals surface area (Å²) in [5, 5.41) is 3.56. The second-order valence-corrected chi connectivity index (χ2v) is 7.08. The van der Waals surface area contributed by atoms with E-state index in [1.54, 1.807) is 24.3 Å². The van der Waals surface area contributed by atoms with Gasteiger partial charge >= 0.3 is 5.51 Å². The molecule has 1 fully saturated rings. The summed E-state index contributed by atoms with van der Waals surface area (Å²) in [7, 11) is 0. The van der Waals surface area contributed by atoms with Gasteiger partial charge in [-0.3, -0.25) is 0 Å². The predicted octanol–water partition coefficient (Wildman–Crippen LogP) is 5.21. The van der Waals surface area contributed by atoms with Crippen molar-refractivity contribution in [1.29, 1.82) is 0 Å². The van der Waals surface area contributed by atoms with Gasteiger partial charge in [0.2, 0.25) is 0 Å². The number of nitrogens with one attached hydrogen (secondary N) is 1. The van der Waals surface area contributed by atoms with Crippen molar-refractivity contribution < 1.29 is 13.2 Å². The Labute approximate surface area is 128 Å². The van der Waals surface area contributed by atoms with E-state index >= 15 is 0 Å². The number of hydrogen-bond donors (Lipinski definition) is 1. The van der Waals surface area contributed by atoms with Crippen LogP contribution in [0, 0.1) is 11.8 Å². The van der Waals surface area contributed by atoms with Crippen LogP contribution in [0.15, 0.2) is 29.2 Å². The quantitative estimate of drug-likeness (QED) is 0.765. The second kappa shape index (κ2) is 7.05. The molecule has 5 heteroatoms. The molecule has 3 unspecified atom stereocenters. The van der Waals surface area contributed by atoms with Gasteiger partial charge in [0.15, 0.2) is 0 Å². The van der Waals surface area contributed by atoms with Gasteiger partial charge in [-0.15, -0.1) is 0 Å². The first-order chi connectivity index (χ1) is 9.85. The molecule has 1 saturated carbocycles. The van der Waals surface area contributed by atoms with Gasteiger partial charge in [0, 0.05) is 17.5 Å². The van der Waals surface area contributed by atoms with Crippen molar-refractivity contribution in [2.24, 2.45) is 11.8 Å². The molecule has 0 spiro atoms. The van der Waals surface area contributed by atoms with Gasteiger partial charge < -0.3 is 5.32 Å². The van der Waals surface area contributed by atoms with Crippen LogP contribution in [-0.4, -0.2) is 11.6 Å². The highest BCUT2D eigenvalue weighted by atomic mass is 32.2. The van der Waals surface area contributed by atoms with Crippen LogP contribution in [0.4, 0.5) is 13.2 Å². The van der Waals surface area contributed by atoms with Gasteiger partial charge in [0.1, 0.15) is 0 Å². The molecule has 1 aliphatic carbocycles. The second-order valence-electron chi connectivity index (χ2n) is 5.95. The van der Waals surface area contributed by atoms with Crippen LogP contribution in [0.5, 0.6) is 0 Å². The van der Waals surface area contributed by atoms with E-state index in [0.29, 0.717) is 12.0 Å². The Bertz CT molecular complexity index is 444. The van der Waals surface area contributed by atoms with Gasteiger partial charge in [-0.1, -0.05) is 38.8 Å². The zero-order valence-electron chi connectivity index (χ0n) is 12.4. The van der Waals surface area contributed by atoms with Crippen LogP contribution in [0.2, 0.25) is 0 Å². The molecule has 21 heavy (non-hydrogen) atoms. The summed E-state index contributed by atoms with van der Waals surface area (Å²) in [6, 6.07) is 7.15. The third kappa shape index (κ3) is 5.22. The van der Waals surface area contributed by atoms with Crippen LogP contribution >= 0.6 is 11.8 Å². The molecular formula is C16H22F3NS. The molecule has 1 aromatic carbocycles. The molecule has 0 aromatic heterocycles. The van der Waals surface area contributed by atoms with Crippen LogP contribution in [-0.2, 0) is 6.54 Å². The minimum absolute atomic E-state index is 0.0641. The van der Waals surface area contributed by atoms with Crippen molar-refractivity contribution in [3.8, 4) is 0 Å². The Hall–Kier alpha value is -0.680. The number of benzene rings is 1. The molecule has 2 rings (SSSR count). The first kappa shape index (κ1) is 16.7. The van der Waals surface area contributed by atoms with Gasteiger partial charge in [-0.2, -0.15) is 13.2 Å². The monoisotopic (exact) mass is 317 g/mol. The van der Waals surface area contributed by atoms with Gasteiger partial charge in [-0.05, 0) is 47.7 Å². The molecule has 0 aliphatic heterocycles. The number of alkyl halides is 3. The molecule has 0 heterocycles. The topological polar surface area (TPSA) is 12.0 Å². The fourth-order valence-electron chi connectivity index (χ4n) is 2.93. The van der Waals surface area contributed by atoms with E-state index in [1.165, 1.54) is 19.3 Å².